The highest BCUT2D eigenvalue weighted by molar-refractivity contribution is 6.30. The third-order valence-corrected chi connectivity index (χ3v) is 5.36. The van der Waals surface area contributed by atoms with Gasteiger partial charge in [0, 0.05) is 17.5 Å². The van der Waals surface area contributed by atoms with Crippen LogP contribution in [0.15, 0.2) is 59.9 Å². The standard InChI is InChI=1S/C22H27ClN2O4/c1-4-5-10-19(17(2)23)22(12-7-6-11-20(22)26)24(3)15-29-16-25-13-8-9-18(14-25)21(27)28/h4-5,8-10,13-14H,1,6-7,11-12,15-16H2,2-3H3/p+1/b10-5-,19-17-. The first-order valence-electron chi connectivity index (χ1n) is 9.53. The minimum Gasteiger partial charge on any atom is -0.477 e. The summed E-state index contributed by atoms with van der Waals surface area (Å²) < 4.78 is 7.46. The SMILES string of the molecule is C=C/C=C\C(=C(/C)Cl)C1(N(C)COC[n+]2cccc(C(=O)O)c2)CCCCC1=O. The Morgan fingerprint density at radius 2 is 2.24 bits per heavy atom. The lowest BCUT2D eigenvalue weighted by Gasteiger charge is -2.44. The van der Waals surface area contributed by atoms with Crippen LogP contribution < -0.4 is 4.57 Å². The first kappa shape index (κ1) is 23.0. The van der Waals surface area contributed by atoms with Crippen molar-refractivity contribution in [2.24, 2.45) is 0 Å². The van der Waals surface area contributed by atoms with Crippen LogP contribution in [0.3, 0.4) is 0 Å². The molecule has 1 fully saturated rings. The minimum absolute atomic E-state index is 0.124. The molecule has 1 saturated carbocycles. The van der Waals surface area contributed by atoms with Crippen molar-refractivity contribution >= 4 is 23.4 Å². The number of hydrogen-bond donors (Lipinski definition) is 1. The molecule has 0 spiro atoms. The molecule has 1 N–H and O–H groups in total. The Kier molecular flexibility index (Phi) is 8.32. The number of hydrogen-bond acceptors (Lipinski definition) is 4. The molecule has 6 nitrogen and oxygen atoms in total. The number of carbonyl (C=O) groups excluding carboxylic acids is 1. The number of carboxylic acids is 1. The van der Waals surface area contributed by atoms with Gasteiger partial charge < -0.3 is 9.84 Å². The smallest absolute Gasteiger partial charge is 0.341 e. The lowest BCUT2D eigenvalue weighted by molar-refractivity contribution is -0.733. The summed E-state index contributed by atoms with van der Waals surface area (Å²) in [7, 11) is 1.85. The summed E-state index contributed by atoms with van der Waals surface area (Å²) in [5.74, 6) is -0.872. The van der Waals surface area contributed by atoms with E-state index in [4.69, 9.17) is 21.4 Å². The Hall–Kier alpha value is -2.28. The highest BCUT2D eigenvalue weighted by Crippen LogP contribution is 2.39. The molecule has 1 aromatic heterocycles. The van der Waals surface area contributed by atoms with Crippen molar-refractivity contribution in [2.75, 3.05) is 13.8 Å². The summed E-state index contributed by atoms with van der Waals surface area (Å²) >= 11 is 6.40. The number of nitrogens with zero attached hydrogens (tertiary/aromatic N) is 2. The second-order valence-corrected chi connectivity index (χ2v) is 7.67. The second-order valence-electron chi connectivity index (χ2n) is 7.10. The number of likely N-dealkylation sites (N-methyl/N-ethyl adjacent to an activating group) is 1. The van der Waals surface area contributed by atoms with Crippen molar-refractivity contribution in [3.8, 4) is 0 Å². The second kappa shape index (κ2) is 10.5. The van der Waals surface area contributed by atoms with Crippen LogP contribution in [-0.2, 0) is 16.3 Å². The topological polar surface area (TPSA) is 70.7 Å². The normalized spacial score (nSPS) is 20.8. The molecule has 1 unspecified atom stereocenters. The van der Waals surface area contributed by atoms with Gasteiger partial charge in [0.1, 0.15) is 17.8 Å². The molecule has 1 aliphatic rings. The van der Waals surface area contributed by atoms with Gasteiger partial charge >= 0.3 is 5.97 Å². The van der Waals surface area contributed by atoms with Crippen molar-refractivity contribution in [1.29, 1.82) is 0 Å². The van der Waals surface area contributed by atoms with Crippen molar-refractivity contribution < 1.29 is 24.0 Å². The summed E-state index contributed by atoms with van der Waals surface area (Å²) in [5, 5.41) is 9.67. The quantitative estimate of drug-likeness (QED) is 0.375. The Labute approximate surface area is 176 Å². The summed E-state index contributed by atoms with van der Waals surface area (Å²) in [6, 6.07) is 3.17. The molecule has 2 rings (SSSR count). The summed E-state index contributed by atoms with van der Waals surface area (Å²) in [5.41, 5.74) is 0.0910. The number of Topliss-reactive ketones (excluding diaryl/α,β-unsaturated/α-hetero) is 1. The third kappa shape index (κ3) is 5.41. The Bertz CT molecular complexity index is 830. The number of allylic oxidation sites excluding steroid dienone is 3. The fraction of sp³-hybridized carbons (Fsp3) is 0.409. The maximum absolute atomic E-state index is 13.1. The van der Waals surface area contributed by atoms with E-state index in [9.17, 15) is 9.59 Å². The predicted molar refractivity (Wildman–Crippen MR) is 111 cm³/mol. The molecule has 0 radical (unpaired) electrons. The highest BCUT2D eigenvalue weighted by atomic mass is 35.5. The Balaban J connectivity index is 2.21. The van der Waals surface area contributed by atoms with Crippen molar-refractivity contribution in [3.63, 3.8) is 0 Å². The van der Waals surface area contributed by atoms with E-state index < -0.39 is 11.5 Å². The number of ketones is 1. The molecule has 1 atom stereocenters. The average Bonchev–Trinajstić information content (AvgIpc) is 2.69. The first-order valence-corrected chi connectivity index (χ1v) is 9.91. The maximum Gasteiger partial charge on any atom is 0.341 e. The molecule has 1 heterocycles. The van der Waals surface area contributed by atoms with Gasteiger partial charge in [-0.1, -0.05) is 42.8 Å². The summed E-state index contributed by atoms with van der Waals surface area (Å²) in [4.78, 5) is 26.1. The van der Waals surface area contributed by atoms with Gasteiger partial charge in [0.15, 0.2) is 18.2 Å². The Morgan fingerprint density at radius 1 is 1.48 bits per heavy atom. The number of halogens is 1. The van der Waals surface area contributed by atoms with Crippen LogP contribution in [0.2, 0.25) is 0 Å². The zero-order chi connectivity index (χ0) is 21.4. The van der Waals surface area contributed by atoms with E-state index in [1.165, 1.54) is 12.3 Å². The summed E-state index contributed by atoms with van der Waals surface area (Å²) in [6.45, 7) is 5.84. The van der Waals surface area contributed by atoms with Crippen LogP contribution in [0.1, 0.15) is 43.0 Å². The minimum atomic E-state index is -0.996. The molecule has 0 saturated heterocycles. The molecule has 0 aliphatic heterocycles. The number of aromatic nitrogens is 1. The Morgan fingerprint density at radius 3 is 2.86 bits per heavy atom. The van der Waals surface area contributed by atoms with Gasteiger partial charge in [-0.05, 0) is 38.5 Å². The third-order valence-electron chi connectivity index (χ3n) is 5.15. The lowest BCUT2D eigenvalue weighted by Crippen LogP contribution is -2.56. The van der Waals surface area contributed by atoms with Crippen LogP contribution in [0, 0.1) is 0 Å². The van der Waals surface area contributed by atoms with Crippen molar-refractivity contribution in [2.45, 2.75) is 44.9 Å². The monoisotopic (exact) mass is 419 g/mol. The number of ether oxygens (including phenoxy) is 1. The van der Waals surface area contributed by atoms with Gasteiger partial charge in [-0.3, -0.25) is 9.69 Å². The largest absolute Gasteiger partial charge is 0.477 e. The number of pyridine rings is 1. The molecule has 0 aromatic carbocycles. The van der Waals surface area contributed by atoms with E-state index >= 15 is 0 Å². The van der Waals surface area contributed by atoms with Gasteiger partial charge in [-0.25, -0.2) is 4.79 Å². The molecule has 0 bridgehead atoms. The van der Waals surface area contributed by atoms with Crippen LogP contribution in [0.4, 0.5) is 0 Å². The molecular weight excluding hydrogens is 392 g/mol. The van der Waals surface area contributed by atoms with Gasteiger partial charge in [0.05, 0.1) is 0 Å². The van der Waals surface area contributed by atoms with Crippen LogP contribution in [0.5, 0.6) is 0 Å². The van der Waals surface area contributed by atoms with E-state index in [0.717, 1.165) is 18.4 Å². The highest BCUT2D eigenvalue weighted by Gasteiger charge is 2.46. The fourth-order valence-electron chi connectivity index (χ4n) is 3.73. The molecule has 1 aliphatic carbocycles. The molecule has 7 heteroatoms. The maximum atomic E-state index is 13.1. The molecule has 1 aromatic rings. The fourth-order valence-corrected chi connectivity index (χ4v) is 3.95. The lowest BCUT2D eigenvalue weighted by atomic mass is 9.73. The van der Waals surface area contributed by atoms with Crippen molar-refractivity contribution in [1.82, 2.24) is 4.90 Å². The first-order chi connectivity index (χ1) is 13.8. The summed E-state index contributed by atoms with van der Waals surface area (Å²) in [6.07, 6.45) is 11.5. The van der Waals surface area contributed by atoms with Gasteiger partial charge in [-0.15, -0.1) is 0 Å². The van der Waals surface area contributed by atoms with E-state index in [1.807, 2.05) is 18.0 Å². The zero-order valence-electron chi connectivity index (χ0n) is 16.9. The van der Waals surface area contributed by atoms with Crippen LogP contribution in [0.25, 0.3) is 0 Å². The van der Waals surface area contributed by atoms with E-state index in [1.54, 1.807) is 35.9 Å². The molecule has 0 amide bonds. The van der Waals surface area contributed by atoms with Crippen LogP contribution >= 0.6 is 11.6 Å². The average molecular weight is 420 g/mol. The van der Waals surface area contributed by atoms with Crippen LogP contribution in [-0.4, -0.2) is 41.1 Å². The van der Waals surface area contributed by atoms with E-state index in [0.29, 0.717) is 17.9 Å². The van der Waals surface area contributed by atoms with Crippen molar-refractivity contribution in [3.05, 3.63) is 65.5 Å². The zero-order valence-corrected chi connectivity index (χ0v) is 17.7. The number of rotatable bonds is 9. The van der Waals surface area contributed by atoms with E-state index in [-0.39, 0.29) is 24.8 Å². The predicted octanol–water partition coefficient (Wildman–Crippen LogP) is 3.67. The van der Waals surface area contributed by atoms with Gasteiger partial charge in [0.2, 0.25) is 0 Å². The van der Waals surface area contributed by atoms with E-state index in [2.05, 4.69) is 6.58 Å². The molecular formula is C22H28ClN2O4+. The van der Waals surface area contributed by atoms with Gasteiger partial charge in [-0.2, -0.15) is 4.57 Å². The number of carboxylic acid groups (broad SMARTS) is 1. The number of carbonyl (C=O) groups is 2. The molecule has 156 valence electrons. The number of aromatic carboxylic acids is 1. The van der Waals surface area contributed by atoms with Gasteiger partial charge in [0.25, 0.3) is 6.73 Å². The molecule has 29 heavy (non-hydrogen) atoms.